The van der Waals surface area contributed by atoms with Crippen LogP contribution in [0.3, 0.4) is 0 Å². The molecule has 0 amide bonds. The number of hydrogen-bond donors (Lipinski definition) is 0. The molecule has 7 heteroatoms. The lowest BCUT2D eigenvalue weighted by atomic mass is 10.1. The van der Waals surface area contributed by atoms with Crippen molar-refractivity contribution in [3.63, 3.8) is 0 Å². The molecule has 1 heterocycles. The first-order valence-corrected chi connectivity index (χ1v) is 9.08. The van der Waals surface area contributed by atoms with Crippen LogP contribution in [-0.2, 0) is 9.47 Å². The molecule has 2 aromatic carbocycles. The molecule has 0 spiro atoms. The molecule has 1 fully saturated rings. The second kappa shape index (κ2) is 10.0. The van der Waals surface area contributed by atoms with Crippen molar-refractivity contribution in [2.75, 3.05) is 26.4 Å². The maximum absolute atomic E-state index is 13.1. The molecule has 0 aliphatic carbocycles. The first kappa shape index (κ1) is 20.1. The van der Waals surface area contributed by atoms with E-state index in [1.165, 1.54) is 18.2 Å². The van der Waals surface area contributed by atoms with Crippen LogP contribution in [0, 0.1) is 11.3 Å². The molecular weight excluding hydrogens is 368 g/mol. The van der Waals surface area contributed by atoms with Crippen LogP contribution in [0.2, 0.25) is 0 Å². The Labute approximate surface area is 162 Å². The molecule has 0 unspecified atom stereocenters. The van der Waals surface area contributed by atoms with Crippen molar-refractivity contribution in [3.05, 3.63) is 53.6 Å². The van der Waals surface area contributed by atoms with Gasteiger partial charge in [0.15, 0.2) is 0 Å². The van der Waals surface area contributed by atoms with Crippen LogP contribution in [0.15, 0.2) is 42.5 Å². The highest BCUT2D eigenvalue weighted by atomic mass is 19.3. The Hall–Kier alpha value is -2.69. The average Bonchev–Trinajstić information content (AvgIpc) is 2.73. The fourth-order valence-corrected chi connectivity index (χ4v) is 2.82. The quantitative estimate of drug-likeness (QED) is 0.603. The molecule has 148 valence electrons. The fraction of sp³-hybridized carbons (Fsp3) is 0.381. The van der Waals surface area contributed by atoms with Gasteiger partial charge in [-0.15, -0.1) is 0 Å². The second-order valence-electron chi connectivity index (χ2n) is 6.27. The minimum absolute atomic E-state index is 0.0346. The Bertz CT molecular complexity index is 799. The minimum atomic E-state index is -2.69. The minimum Gasteiger partial charge on any atom is -0.491 e. The van der Waals surface area contributed by atoms with E-state index in [0.717, 1.165) is 26.1 Å². The summed E-state index contributed by atoms with van der Waals surface area (Å²) in [4.78, 5) is 0. The summed E-state index contributed by atoms with van der Waals surface area (Å²) >= 11 is 0. The largest absolute Gasteiger partial charge is 0.491 e. The van der Waals surface area contributed by atoms with Crippen molar-refractivity contribution in [1.82, 2.24) is 0 Å². The van der Waals surface area contributed by atoms with Crippen LogP contribution in [0.5, 0.6) is 17.2 Å². The van der Waals surface area contributed by atoms with Gasteiger partial charge in [-0.3, -0.25) is 0 Å². The second-order valence-corrected chi connectivity index (χ2v) is 6.27. The number of rotatable bonds is 8. The van der Waals surface area contributed by atoms with Gasteiger partial charge >= 0.3 is 0 Å². The predicted octanol–water partition coefficient (Wildman–Crippen LogP) is 4.86. The van der Waals surface area contributed by atoms with Crippen molar-refractivity contribution >= 4 is 0 Å². The summed E-state index contributed by atoms with van der Waals surface area (Å²) in [6.07, 6.45) is -0.665. The third-order valence-electron chi connectivity index (χ3n) is 4.30. The Kier molecular flexibility index (Phi) is 7.18. The lowest BCUT2D eigenvalue weighted by Gasteiger charge is -2.22. The van der Waals surface area contributed by atoms with E-state index in [1.807, 2.05) is 6.07 Å². The zero-order chi connectivity index (χ0) is 19.8. The van der Waals surface area contributed by atoms with Gasteiger partial charge in [0, 0.05) is 13.2 Å². The summed E-state index contributed by atoms with van der Waals surface area (Å²) in [7, 11) is 0. The number of alkyl halides is 2. The van der Waals surface area contributed by atoms with Crippen LogP contribution in [0.1, 0.15) is 30.4 Å². The number of nitrogens with zero attached hydrogens (tertiary/aromatic N) is 1. The molecule has 0 atom stereocenters. The Morgan fingerprint density at radius 1 is 1.04 bits per heavy atom. The lowest BCUT2D eigenvalue weighted by Crippen LogP contribution is -2.25. The van der Waals surface area contributed by atoms with Gasteiger partial charge in [0.25, 0.3) is 6.43 Å². The number of ether oxygens (including phenoxy) is 4. The van der Waals surface area contributed by atoms with E-state index in [9.17, 15) is 8.78 Å². The molecule has 0 aromatic heterocycles. The van der Waals surface area contributed by atoms with Gasteiger partial charge in [0.2, 0.25) is 0 Å². The third-order valence-corrected chi connectivity index (χ3v) is 4.30. The number of halogens is 2. The molecule has 0 bridgehead atoms. The predicted molar refractivity (Wildman–Crippen MR) is 97.9 cm³/mol. The molecule has 0 saturated carbocycles. The van der Waals surface area contributed by atoms with Crippen molar-refractivity contribution < 1.29 is 27.7 Å². The highest BCUT2D eigenvalue weighted by Gasteiger charge is 2.16. The highest BCUT2D eigenvalue weighted by molar-refractivity contribution is 5.45. The summed E-state index contributed by atoms with van der Waals surface area (Å²) in [5.41, 5.74) is -0.00605. The molecule has 2 aromatic rings. The van der Waals surface area contributed by atoms with E-state index in [1.54, 1.807) is 24.3 Å². The van der Waals surface area contributed by atoms with Gasteiger partial charge in [-0.1, -0.05) is 0 Å². The third kappa shape index (κ3) is 5.65. The molecular formula is C21H21F2NO4. The summed E-state index contributed by atoms with van der Waals surface area (Å²) < 4.78 is 48.5. The van der Waals surface area contributed by atoms with Crippen LogP contribution >= 0.6 is 0 Å². The SMILES string of the molecule is N#Cc1ccc(C(F)F)c(Oc2ccc(OCCOC3CCOCC3)cc2)c1. The van der Waals surface area contributed by atoms with E-state index in [0.29, 0.717) is 24.7 Å². The molecule has 0 N–H and O–H groups in total. The van der Waals surface area contributed by atoms with Gasteiger partial charge in [0.1, 0.15) is 23.9 Å². The van der Waals surface area contributed by atoms with Gasteiger partial charge in [-0.05, 0) is 55.3 Å². The normalized spacial score (nSPS) is 14.6. The van der Waals surface area contributed by atoms with Gasteiger partial charge in [-0.25, -0.2) is 8.78 Å². The van der Waals surface area contributed by atoms with E-state index in [2.05, 4.69) is 0 Å². The topological polar surface area (TPSA) is 60.7 Å². The monoisotopic (exact) mass is 389 g/mol. The standard InChI is InChI=1S/C21H21F2NO4/c22-21(23)19-6-1-15(14-24)13-20(19)28-18-4-2-16(3-5-18)26-11-12-27-17-7-9-25-10-8-17/h1-6,13,17,21H,7-12H2. The summed E-state index contributed by atoms with van der Waals surface area (Å²) in [5, 5.41) is 8.95. The van der Waals surface area contributed by atoms with Gasteiger partial charge < -0.3 is 18.9 Å². The summed E-state index contributed by atoms with van der Waals surface area (Å²) in [6.45, 7) is 2.37. The number of benzene rings is 2. The van der Waals surface area contributed by atoms with Crippen molar-refractivity contribution in [2.45, 2.75) is 25.4 Å². The Morgan fingerprint density at radius 2 is 1.75 bits per heavy atom. The molecule has 28 heavy (non-hydrogen) atoms. The Balaban J connectivity index is 1.52. The van der Waals surface area contributed by atoms with Crippen molar-refractivity contribution in [2.24, 2.45) is 0 Å². The number of hydrogen-bond acceptors (Lipinski definition) is 5. The molecule has 1 aliphatic rings. The van der Waals surface area contributed by atoms with Crippen LogP contribution < -0.4 is 9.47 Å². The summed E-state index contributed by atoms with van der Waals surface area (Å²) in [6, 6.07) is 12.4. The highest BCUT2D eigenvalue weighted by Crippen LogP contribution is 2.33. The smallest absolute Gasteiger partial charge is 0.267 e. The molecule has 5 nitrogen and oxygen atoms in total. The van der Waals surface area contributed by atoms with Gasteiger partial charge in [0.05, 0.1) is 29.9 Å². The van der Waals surface area contributed by atoms with Crippen molar-refractivity contribution in [3.8, 4) is 23.3 Å². The maximum Gasteiger partial charge on any atom is 0.267 e. The average molecular weight is 389 g/mol. The molecule has 1 aliphatic heterocycles. The zero-order valence-electron chi connectivity index (χ0n) is 15.3. The van der Waals surface area contributed by atoms with E-state index >= 15 is 0 Å². The van der Waals surface area contributed by atoms with E-state index in [-0.39, 0.29) is 23.0 Å². The van der Waals surface area contributed by atoms with Crippen LogP contribution in [-0.4, -0.2) is 32.5 Å². The molecule has 0 radical (unpaired) electrons. The molecule has 3 rings (SSSR count). The number of nitriles is 1. The van der Waals surface area contributed by atoms with E-state index in [4.69, 9.17) is 24.2 Å². The maximum atomic E-state index is 13.1. The molecule has 1 saturated heterocycles. The first-order chi connectivity index (χ1) is 13.7. The van der Waals surface area contributed by atoms with Gasteiger partial charge in [-0.2, -0.15) is 5.26 Å². The van der Waals surface area contributed by atoms with Crippen LogP contribution in [0.4, 0.5) is 8.78 Å². The fourth-order valence-electron chi connectivity index (χ4n) is 2.82. The first-order valence-electron chi connectivity index (χ1n) is 9.08. The van der Waals surface area contributed by atoms with E-state index < -0.39 is 6.43 Å². The zero-order valence-corrected chi connectivity index (χ0v) is 15.3. The lowest BCUT2D eigenvalue weighted by molar-refractivity contribution is -0.0388. The summed E-state index contributed by atoms with van der Waals surface area (Å²) in [5.74, 6) is 0.971. The van der Waals surface area contributed by atoms with Crippen LogP contribution in [0.25, 0.3) is 0 Å². The van der Waals surface area contributed by atoms with Crippen molar-refractivity contribution in [1.29, 1.82) is 5.26 Å². The Morgan fingerprint density at radius 3 is 2.43 bits per heavy atom.